The number of carbonyl (C=O) groups is 2. The summed E-state index contributed by atoms with van der Waals surface area (Å²) in [6, 6.07) is 0. The molecular formula is C36H67KNa2O4. The zero-order valence-corrected chi connectivity index (χ0v) is 36.9. The fraction of sp³-hybridized carbons (Fsp3) is 0.833. The van der Waals surface area contributed by atoms with Crippen LogP contribution in [0.3, 0.4) is 0 Å². The fourth-order valence-corrected chi connectivity index (χ4v) is 4.68. The molecular weight excluding hydrogens is 581 g/mol. The second-order valence-corrected chi connectivity index (χ2v) is 11.4. The van der Waals surface area contributed by atoms with E-state index in [1.165, 1.54) is 128 Å². The third kappa shape index (κ3) is 59.9. The van der Waals surface area contributed by atoms with Crippen molar-refractivity contribution in [3.63, 3.8) is 0 Å². The first-order valence-electron chi connectivity index (χ1n) is 17.2. The van der Waals surface area contributed by atoms with E-state index in [4.69, 9.17) is 0 Å². The molecule has 0 bridgehead atoms. The van der Waals surface area contributed by atoms with E-state index >= 15 is 0 Å². The summed E-state index contributed by atoms with van der Waals surface area (Å²) in [5.41, 5.74) is 0. The fourth-order valence-electron chi connectivity index (χ4n) is 4.68. The van der Waals surface area contributed by atoms with Crippen LogP contribution in [0.15, 0.2) is 24.3 Å². The molecule has 0 aliphatic rings. The van der Waals surface area contributed by atoms with Gasteiger partial charge in [-0.05, 0) is 77.0 Å². The van der Waals surface area contributed by atoms with E-state index in [-0.39, 0.29) is 125 Å². The van der Waals surface area contributed by atoms with Crippen molar-refractivity contribution in [2.75, 3.05) is 0 Å². The molecule has 238 valence electrons. The van der Waals surface area contributed by atoms with Gasteiger partial charge in [0, 0.05) is 11.9 Å². The molecule has 0 aromatic rings. The van der Waals surface area contributed by atoms with Gasteiger partial charge in [-0.3, -0.25) is 0 Å². The van der Waals surface area contributed by atoms with Crippen LogP contribution in [0.4, 0.5) is 0 Å². The maximum absolute atomic E-state index is 10.2. The van der Waals surface area contributed by atoms with Crippen LogP contribution in [0.25, 0.3) is 0 Å². The quantitative estimate of drug-likeness (QED) is 0.0652. The van der Waals surface area contributed by atoms with Crippen LogP contribution in [0, 0.1) is 0 Å². The third-order valence-electron chi connectivity index (χ3n) is 7.29. The van der Waals surface area contributed by atoms with E-state index in [0.29, 0.717) is 0 Å². The van der Waals surface area contributed by atoms with Crippen molar-refractivity contribution in [2.24, 2.45) is 0 Å². The molecule has 0 amide bonds. The van der Waals surface area contributed by atoms with Crippen LogP contribution in [0.5, 0.6) is 0 Å². The first-order valence-corrected chi connectivity index (χ1v) is 17.2. The van der Waals surface area contributed by atoms with Crippen LogP contribution in [0.2, 0.25) is 0 Å². The Labute approximate surface area is 356 Å². The standard InChI is InChI=1S/2C18H34O2.K.2Na.H/c2*1-2-3-4-5-6-7-8-9-10-11-12-13-14-15-16-17-18(19)20;;;;/h2*9-10H,2-8,11-17H2,1H3,(H,19,20);;;;/q;;3*+1;-1/p-2/b2*10-9-;;;;. The van der Waals surface area contributed by atoms with Gasteiger partial charge in [0.25, 0.3) is 0 Å². The molecule has 7 heteroatoms. The summed E-state index contributed by atoms with van der Waals surface area (Å²) < 4.78 is 0. The molecule has 0 aliphatic heterocycles. The normalized spacial score (nSPS) is 10.5. The van der Waals surface area contributed by atoms with Crippen molar-refractivity contribution in [2.45, 2.75) is 194 Å². The number of carboxylic acids is 2. The maximum atomic E-state index is 10.2. The Bertz CT molecular complexity index is 542. The molecule has 0 aromatic heterocycles. The van der Waals surface area contributed by atoms with Crippen molar-refractivity contribution in [1.29, 1.82) is 0 Å². The molecule has 43 heavy (non-hydrogen) atoms. The number of allylic oxidation sites excluding steroid dienone is 4. The average molecular weight is 649 g/mol. The summed E-state index contributed by atoms with van der Waals surface area (Å²) >= 11 is 0. The molecule has 0 saturated heterocycles. The molecule has 0 unspecified atom stereocenters. The molecule has 0 fully saturated rings. The maximum Gasteiger partial charge on any atom is 1.00 e. The van der Waals surface area contributed by atoms with Gasteiger partial charge in [0.05, 0.1) is 0 Å². The van der Waals surface area contributed by atoms with Gasteiger partial charge in [-0.25, -0.2) is 0 Å². The van der Waals surface area contributed by atoms with Crippen LogP contribution in [0.1, 0.15) is 195 Å². The predicted molar refractivity (Wildman–Crippen MR) is 170 cm³/mol. The largest absolute Gasteiger partial charge is 1.00 e. The van der Waals surface area contributed by atoms with Crippen LogP contribution in [-0.2, 0) is 9.59 Å². The first-order chi connectivity index (χ1) is 19.5. The first kappa shape index (κ1) is 54.5. The van der Waals surface area contributed by atoms with Crippen molar-refractivity contribution in [3.05, 3.63) is 24.3 Å². The summed E-state index contributed by atoms with van der Waals surface area (Å²) in [5.74, 6) is -1.83. The Balaban J connectivity index is -0.000000150. The Kier molecular flexibility index (Phi) is 64.5. The van der Waals surface area contributed by atoms with E-state index in [1.807, 2.05) is 0 Å². The second kappa shape index (κ2) is 50.9. The second-order valence-electron chi connectivity index (χ2n) is 11.4. The SMILES string of the molecule is CCCCCCCC/C=C\CCCCCCCC(=O)[O-].CCCCCCCC/C=C\CCCCCCCC(=O)[O-].[H-].[K+].[Na+].[Na+]. The van der Waals surface area contributed by atoms with Gasteiger partial charge in [0.2, 0.25) is 0 Å². The van der Waals surface area contributed by atoms with E-state index in [1.54, 1.807) is 0 Å². The number of hydrogen-bond donors (Lipinski definition) is 0. The van der Waals surface area contributed by atoms with Crippen LogP contribution < -0.4 is 121 Å². The van der Waals surface area contributed by atoms with Gasteiger partial charge in [-0.1, -0.05) is 141 Å². The minimum absolute atomic E-state index is 0. The summed E-state index contributed by atoms with van der Waals surface area (Å²) in [7, 11) is 0. The smallest absolute Gasteiger partial charge is 1.00 e. The van der Waals surface area contributed by atoms with Gasteiger partial charge in [-0.2, -0.15) is 0 Å². The minimum atomic E-state index is -0.914. The van der Waals surface area contributed by atoms with Gasteiger partial charge in [-0.15, -0.1) is 0 Å². The summed E-state index contributed by atoms with van der Waals surface area (Å²) in [6.07, 6.45) is 41.8. The zero-order chi connectivity index (χ0) is 29.8. The molecule has 0 N–H and O–H groups in total. The number of rotatable bonds is 30. The molecule has 0 heterocycles. The van der Waals surface area contributed by atoms with Gasteiger partial charge >= 0.3 is 110 Å². The zero-order valence-electron chi connectivity index (χ0n) is 30.7. The van der Waals surface area contributed by atoms with Gasteiger partial charge in [0.1, 0.15) is 0 Å². The van der Waals surface area contributed by atoms with E-state index < -0.39 is 11.9 Å². The molecule has 4 nitrogen and oxygen atoms in total. The van der Waals surface area contributed by atoms with E-state index in [9.17, 15) is 19.8 Å². The van der Waals surface area contributed by atoms with E-state index in [2.05, 4.69) is 38.2 Å². The molecule has 0 saturated carbocycles. The van der Waals surface area contributed by atoms with Crippen LogP contribution in [-0.4, -0.2) is 11.9 Å². The van der Waals surface area contributed by atoms with Crippen molar-refractivity contribution >= 4 is 11.9 Å². The molecule has 0 aliphatic carbocycles. The summed E-state index contributed by atoms with van der Waals surface area (Å²) in [4.78, 5) is 20.4. The minimum Gasteiger partial charge on any atom is -1.00 e. The molecule has 0 atom stereocenters. The van der Waals surface area contributed by atoms with Crippen LogP contribution >= 0.6 is 0 Å². The Hall–Kier alpha value is 2.06. The Morgan fingerprint density at radius 2 is 0.628 bits per heavy atom. The number of unbranched alkanes of at least 4 members (excludes halogenated alkanes) is 22. The summed E-state index contributed by atoms with van der Waals surface area (Å²) in [6.45, 7) is 4.51. The number of hydrogen-bond acceptors (Lipinski definition) is 4. The van der Waals surface area contributed by atoms with E-state index in [0.717, 1.165) is 38.5 Å². The van der Waals surface area contributed by atoms with Crippen molar-refractivity contribution < 1.29 is 132 Å². The average Bonchev–Trinajstić information content (AvgIpc) is 2.93. The molecule has 0 spiro atoms. The number of carboxylic acid groups (broad SMARTS) is 2. The van der Waals surface area contributed by atoms with Gasteiger partial charge < -0.3 is 21.2 Å². The third-order valence-corrected chi connectivity index (χ3v) is 7.29. The number of aliphatic carboxylic acids is 2. The molecule has 0 aromatic carbocycles. The predicted octanol–water partition coefficient (Wildman–Crippen LogP) is 0.672. The Morgan fingerprint density at radius 3 is 0.860 bits per heavy atom. The topological polar surface area (TPSA) is 80.3 Å². The monoisotopic (exact) mass is 648 g/mol. The van der Waals surface area contributed by atoms with Crippen molar-refractivity contribution in [1.82, 2.24) is 0 Å². The van der Waals surface area contributed by atoms with Gasteiger partial charge in [0.15, 0.2) is 0 Å². The number of carbonyl (C=O) groups excluding carboxylic acids is 2. The van der Waals surface area contributed by atoms with Crippen molar-refractivity contribution in [3.8, 4) is 0 Å². The summed E-state index contributed by atoms with van der Waals surface area (Å²) in [5, 5.41) is 20.4. The molecule has 0 rings (SSSR count). The Morgan fingerprint density at radius 1 is 0.419 bits per heavy atom. The molecule has 0 radical (unpaired) electrons.